The molecule has 0 unspecified atom stereocenters. The van der Waals surface area contributed by atoms with Crippen LogP contribution in [0.3, 0.4) is 0 Å². The Hall–Kier alpha value is -1.77. The Balaban J connectivity index is 2.31. The Morgan fingerprint density at radius 3 is 2.33 bits per heavy atom. The van der Waals surface area contributed by atoms with E-state index in [1.807, 2.05) is 24.3 Å². The van der Waals surface area contributed by atoms with Crippen molar-refractivity contribution in [2.24, 2.45) is 0 Å². The molecule has 98 valence electrons. The van der Waals surface area contributed by atoms with Crippen LogP contribution in [0.5, 0.6) is 5.75 Å². The van der Waals surface area contributed by atoms with Crippen LogP contribution in [0.2, 0.25) is 0 Å². The number of carbonyl (C=O) groups is 1. The molecule has 1 aromatic carbocycles. The fraction of sp³-hybridized carbons (Fsp3) is 0.400. The fourth-order valence-corrected chi connectivity index (χ4v) is 1.37. The molecule has 0 spiro atoms. The van der Waals surface area contributed by atoms with E-state index in [-0.39, 0.29) is 12.6 Å². The summed E-state index contributed by atoms with van der Waals surface area (Å²) < 4.78 is 10.4. The summed E-state index contributed by atoms with van der Waals surface area (Å²) in [7, 11) is 0. The Morgan fingerprint density at radius 2 is 1.83 bits per heavy atom. The topological polar surface area (TPSA) is 35.5 Å². The summed E-state index contributed by atoms with van der Waals surface area (Å²) in [6.45, 7) is 9.99. The summed E-state index contributed by atoms with van der Waals surface area (Å²) in [6.07, 6.45) is 0. The quantitative estimate of drug-likeness (QED) is 0.440. The zero-order valence-electron chi connectivity index (χ0n) is 11.2. The molecular weight excluding hydrogens is 228 g/mol. The van der Waals surface area contributed by atoms with Gasteiger partial charge in [0.05, 0.1) is 0 Å². The van der Waals surface area contributed by atoms with Crippen LogP contribution in [0, 0.1) is 0 Å². The maximum Gasteiger partial charge on any atom is 0.333 e. The highest BCUT2D eigenvalue weighted by Crippen LogP contribution is 2.18. The highest BCUT2D eigenvalue weighted by molar-refractivity contribution is 5.86. The normalized spacial score (nSPS) is 10.2. The molecule has 0 atom stereocenters. The van der Waals surface area contributed by atoms with E-state index in [9.17, 15) is 4.79 Å². The van der Waals surface area contributed by atoms with Crippen LogP contribution in [0.4, 0.5) is 0 Å². The first-order valence-corrected chi connectivity index (χ1v) is 6.06. The van der Waals surface area contributed by atoms with E-state index in [4.69, 9.17) is 9.47 Å². The fourth-order valence-electron chi connectivity index (χ4n) is 1.37. The van der Waals surface area contributed by atoms with Crippen molar-refractivity contribution >= 4 is 5.97 Å². The maximum absolute atomic E-state index is 11.1. The van der Waals surface area contributed by atoms with Crippen molar-refractivity contribution < 1.29 is 14.3 Å². The van der Waals surface area contributed by atoms with Crippen molar-refractivity contribution in [2.45, 2.75) is 26.7 Å². The van der Waals surface area contributed by atoms with Crippen LogP contribution in [0.15, 0.2) is 36.4 Å². The lowest BCUT2D eigenvalue weighted by Gasteiger charge is -2.09. The van der Waals surface area contributed by atoms with E-state index < -0.39 is 0 Å². The molecule has 0 N–H and O–H groups in total. The summed E-state index contributed by atoms with van der Waals surface area (Å²) in [6, 6.07) is 7.94. The number of ether oxygens (including phenoxy) is 2. The monoisotopic (exact) mass is 248 g/mol. The van der Waals surface area contributed by atoms with Crippen molar-refractivity contribution in [1.82, 2.24) is 0 Å². The number of carbonyl (C=O) groups excluding carboxylic acids is 1. The van der Waals surface area contributed by atoms with E-state index in [0.29, 0.717) is 18.1 Å². The molecule has 0 fully saturated rings. The van der Waals surface area contributed by atoms with E-state index in [1.54, 1.807) is 6.92 Å². The summed E-state index contributed by atoms with van der Waals surface area (Å²) in [5.41, 5.74) is 1.67. The van der Waals surface area contributed by atoms with Crippen molar-refractivity contribution in [1.29, 1.82) is 0 Å². The third-order valence-corrected chi connectivity index (χ3v) is 2.48. The van der Waals surface area contributed by atoms with Gasteiger partial charge >= 0.3 is 5.97 Å². The lowest BCUT2D eigenvalue weighted by Crippen LogP contribution is -2.12. The molecule has 0 aliphatic heterocycles. The Labute approximate surface area is 108 Å². The van der Waals surface area contributed by atoms with Gasteiger partial charge in [-0.2, -0.15) is 0 Å². The average molecular weight is 248 g/mol. The van der Waals surface area contributed by atoms with Gasteiger partial charge in [0.25, 0.3) is 0 Å². The molecule has 18 heavy (non-hydrogen) atoms. The predicted octanol–water partition coefficient (Wildman–Crippen LogP) is 3.31. The predicted molar refractivity (Wildman–Crippen MR) is 71.8 cm³/mol. The van der Waals surface area contributed by atoms with Gasteiger partial charge < -0.3 is 9.47 Å². The van der Waals surface area contributed by atoms with E-state index in [0.717, 1.165) is 5.75 Å². The van der Waals surface area contributed by atoms with E-state index >= 15 is 0 Å². The van der Waals surface area contributed by atoms with Gasteiger partial charge in [-0.3, -0.25) is 0 Å². The lowest BCUT2D eigenvalue weighted by atomic mass is 10.0. The number of rotatable bonds is 6. The summed E-state index contributed by atoms with van der Waals surface area (Å²) in [4.78, 5) is 11.1. The largest absolute Gasteiger partial charge is 0.490 e. The van der Waals surface area contributed by atoms with Gasteiger partial charge in [0, 0.05) is 5.57 Å². The highest BCUT2D eigenvalue weighted by Gasteiger charge is 2.03. The van der Waals surface area contributed by atoms with Crippen LogP contribution in [-0.4, -0.2) is 19.2 Å². The summed E-state index contributed by atoms with van der Waals surface area (Å²) in [5.74, 6) is 0.912. The van der Waals surface area contributed by atoms with E-state index in [2.05, 4.69) is 20.4 Å². The minimum absolute atomic E-state index is 0.234. The Bertz CT molecular complexity index is 404. The SMILES string of the molecule is C=C(C)C(=O)OCCOc1ccc(C(C)C)cc1. The molecule has 3 heteroatoms. The van der Waals surface area contributed by atoms with Gasteiger partial charge in [0.15, 0.2) is 0 Å². The van der Waals surface area contributed by atoms with E-state index in [1.165, 1.54) is 5.56 Å². The summed E-state index contributed by atoms with van der Waals surface area (Å²) >= 11 is 0. The molecule has 0 aromatic heterocycles. The second-order valence-corrected chi connectivity index (χ2v) is 4.49. The minimum Gasteiger partial charge on any atom is -0.490 e. The van der Waals surface area contributed by atoms with Crippen LogP contribution < -0.4 is 4.74 Å². The van der Waals surface area contributed by atoms with Crippen molar-refractivity contribution in [2.75, 3.05) is 13.2 Å². The first-order chi connectivity index (χ1) is 8.50. The van der Waals surface area contributed by atoms with Gasteiger partial charge in [-0.05, 0) is 30.5 Å². The molecule has 3 nitrogen and oxygen atoms in total. The minimum atomic E-state index is -0.381. The van der Waals surface area contributed by atoms with Crippen molar-refractivity contribution in [3.8, 4) is 5.75 Å². The van der Waals surface area contributed by atoms with Crippen LogP contribution in [0.1, 0.15) is 32.3 Å². The third-order valence-electron chi connectivity index (χ3n) is 2.48. The molecular formula is C15H20O3. The maximum atomic E-state index is 11.1. The van der Waals surface area contributed by atoms with Crippen molar-refractivity contribution in [3.05, 3.63) is 42.0 Å². The number of esters is 1. The number of hydrogen-bond acceptors (Lipinski definition) is 3. The van der Waals surface area contributed by atoms with Crippen LogP contribution in [0.25, 0.3) is 0 Å². The smallest absolute Gasteiger partial charge is 0.333 e. The van der Waals surface area contributed by atoms with Gasteiger partial charge in [-0.25, -0.2) is 4.79 Å². The van der Waals surface area contributed by atoms with Crippen LogP contribution in [-0.2, 0) is 9.53 Å². The number of benzene rings is 1. The molecule has 0 amide bonds. The molecule has 0 aliphatic rings. The molecule has 1 rings (SSSR count). The first-order valence-electron chi connectivity index (χ1n) is 6.06. The molecule has 0 saturated carbocycles. The highest BCUT2D eigenvalue weighted by atomic mass is 16.6. The lowest BCUT2D eigenvalue weighted by molar-refractivity contribution is -0.139. The van der Waals surface area contributed by atoms with Gasteiger partial charge in [-0.1, -0.05) is 32.6 Å². The molecule has 0 bridgehead atoms. The second-order valence-electron chi connectivity index (χ2n) is 4.49. The second kappa shape index (κ2) is 6.84. The molecule has 1 aromatic rings. The molecule has 0 aliphatic carbocycles. The third kappa shape index (κ3) is 4.62. The molecule has 0 radical (unpaired) electrons. The van der Waals surface area contributed by atoms with Gasteiger partial charge in [0.1, 0.15) is 19.0 Å². The average Bonchev–Trinajstić information content (AvgIpc) is 2.34. The number of hydrogen-bond donors (Lipinski definition) is 0. The summed E-state index contributed by atoms with van der Waals surface area (Å²) in [5, 5.41) is 0. The van der Waals surface area contributed by atoms with Crippen molar-refractivity contribution in [3.63, 3.8) is 0 Å². The van der Waals surface area contributed by atoms with Gasteiger partial charge in [0.2, 0.25) is 0 Å². The standard InChI is InChI=1S/C15H20O3/c1-11(2)13-5-7-14(8-6-13)17-9-10-18-15(16)12(3)4/h5-8,11H,3,9-10H2,1-2,4H3. The first kappa shape index (κ1) is 14.3. The zero-order valence-corrected chi connectivity index (χ0v) is 11.2. The molecule has 0 heterocycles. The van der Waals surface area contributed by atoms with Crippen LogP contribution >= 0.6 is 0 Å². The Kier molecular flexibility index (Phi) is 5.43. The van der Waals surface area contributed by atoms with Gasteiger partial charge in [-0.15, -0.1) is 0 Å². The molecule has 0 saturated heterocycles. The zero-order chi connectivity index (χ0) is 13.5. The Morgan fingerprint density at radius 1 is 1.22 bits per heavy atom.